The van der Waals surface area contributed by atoms with E-state index in [9.17, 15) is 10.2 Å². The van der Waals surface area contributed by atoms with E-state index in [1.165, 1.54) is 37.7 Å². The fraction of sp³-hybridized carbons (Fsp3) is 0.704. The molecule has 3 aliphatic rings. The number of aliphatic hydroxyl groups excluding tert-OH is 2. The van der Waals surface area contributed by atoms with Crippen LogP contribution < -0.4 is 0 Å². The summed E-state index contributed by atoms with van der Waals surface area (Å²) in [5.41, 5.74) is 3.72. The molecule has 0 aromatic heterocycles. The van der Waals surface area contributed by atoms with E-state index in [0.29, 0.717) is 17.8 Å². The first kappa shape index (κ1) is 23.5. The molecule has 3 heteroatoms. The highest BCUT2D eigenvalue weighted by Crippen LogP contribution is 2.58. The Hall–Kier alpha value is -1.16. The second-order valence-corrected chi connectivity index (χ2v) is 10.7. The topological polar surface area (TPSA) is 60.7 Å². The number of allylic oxidation sites excluding steroid dienone is 4. The molecule has 30 heavy (non-hydrogen) atoms. The molecule has 3 fully saturated rings. The fourth-order valence-corrected chi connectivity index (χ4v) is 6.05. The molecule has 3 rings (SSSR count). The summed E-state index contributed by atoms with van der Waals surface area (Å²) in [4.78, 5) is 0. The maximum atomic E-state index is 10.3. The molecule has 0 radical (unpaired) electrons. The molecule has 4 atom stereocenters. The Morgan fingerprint density at radius 1 is 1.07 bits per heavy atom. The zero-order chi connectivity index (χ0) is 21.8. The summed E-state index contributed by atoms with van der Waals surface area (Å²) in [5.74, 6) is 1.42. The Bertz CT molecular complexity index is 706. The zero-order valence-corrected chi connectivity index (χ0v) is 19.2. The normalized spacial score (nSPS) is 36.9. The van der Waals surface area contributed by atoms with E-state index in [-0.39, 0.29) is 6.61 Å². The van der Waals surface area contributed by atoms with Crippen LogP contribution in [0.15, 0.2) is 47.1 Å². The largest absolute Gasteiger partial charge is 0.392 e. The van der Waals surface area contributed by atoms with Crippen molar-refractivity contribution >= 4 is 0 Å². The lowest BCUT2D eigenvalue weighted by molar-refractivity contribution is 0.0837. The lowest BCUT2D eigenvalue weighted by Crippen LogP contribution is -2.33. The van der Waals surface area contributed by atoms with Crippen molar-refractivity contribution in [2.75, 3.05) is 6.61 Å². The van der Waals surface area contributed by atoms with Crippen LogP contribution in [0.1, 0.15) is 85.0 Å². The molecule has 3 N–H and O–H groups in total. The van der Waals surface area contributed by atoms with Gasteiger partial charge < -0.3 is 15.3 Å². The summed E-state index contributed by atoms with van der Waals surface area (Å²) in [6.07, 6.45) is 21.3. The standard InChI is InChI=1S/C27H42O3/c1-26(2,30)16-5-4-8-23-13-14-24-21(7-6-17-27(23,24)3)11-9-20-10-12-22(15-18-28)25(29)19-20/h4-5,9,11,15,23-25,28-30H,6-8,10,12-14,16-19H2,1-3H3/b5-4+,20-9-,21-11+,22-15-. The van der Waals surface area contributed by atoms with E-state index in [1.807, 2.05) is 13.8 Å². The highest BCUT2D eigenvalue weighted by Gasteiger charge is 2.48. The minimum atomic E-state index is -0.617. The second-order valence-electron chi connectivity index (χ2n) is 10.7. The van der Waals surface area contributed by atoms with Crippen molar-refractivity contribution < 1.29 is 15.3 Å². The minimum absolute atomic E-state index is 0.0177. The molecule has 0 bridgehead atoms. The first-order chi connectivity index (χ1) is 14.2. The first-order valence-electron chi connectivity index (χ1n) is 12.0. The maximum Gasteiger partial charge on any atom is 0.0788 e. The molecule has 0 amide bonds. The van der Waals surface area contributed by atoms with Crippen LogP contribution in [0, 0.1) is 17.3 Å². The summed E-state index contributed by atoms with van der Waals surface area (Å²) < 4.78 is 0. The van der Waals surface area contributed by atoms with Gasteiger partial charge in [0.15, 0.2) is 0 Å². The highest BCUT2D eigenvalue weighted by atomic mass is 16.3. The van der Waals surface area contributed by atoms with E-state index in [1.54, 1.807) is 11.6 Å². The Morgan fingerprint density at radius 3 is 2.57 bits per heavy atom. The molecular weight excluding hydrogens is 372 g/mol. The predicted molar refractivity (Wildman–Crippen MR) is 124 cm³/mol. The number of hydrogen-bond donors (Lipinski definition) is 3. The third-order valence-corrected chi connectivity index (χ3v) is 7.87. The summed E-state index contributed by atoms with van der Waals surface area (Å²) in [7, 11) is 0. The molecule has 168 valence electrons. The number of hydrogen-bond acceptors (Lipinski definition) is 3. The van der Waals surface area contributed by atoms with Gasteiger partial charge in [0.05, 0.1) is 18.3 Å². The van der Waals surface area contributed by atoms with Crippen molar-refractivity contribution in [2.45, 2.75) is 96.7 Å². The van der Waals surface area contributed by atoms with E-state index >= 15 is 0 Å². The van der Waals surface area contributed by atoms with Gasteiger partial charge in [-0.1, -0.05) is 48.5 Å². The molecule has 4 unspecified atom stereocenters. The van der Waals surface area contributed by atoms with Gasteiger partial charge in [-0.2, -0.15) is 0 Å². The molecule has 3 aliphatic carbocycles. The highest BCUT2D eigenvalue weighted by molar-refractivity contribution is 5.28. The third kappa shape index (κ3) is 5.75. The third-order valence-electron chi connectivity index (χ3n) is 7.87. The molecular formula is C27H42O3. The van der Waals surface area contributed by atoms with Crippen molar-refractivity contribution in [3.63, 3.8) is 0 Å². The van der Waals surface area contributed by atoms with Gasteiger partial charge >= 0.3 is 0 Å². The van der Waals surface area contributed by atoms with E-state index in [4.69, 9.17) is 5.11 Å². The molecule has 3 nitrogen and oxygen atoms in total. The van der Waals surface area contributed by atoms with Gasteiger partial charge in [0, 0.05) is 0 Å². The van der Waals surface area contributed by atoms with Crippen LogP contribution in [0.3, 0.4) is 0 Å². The minimum Gasteiger partial charge on any atom is -0.392 e. The smallest absolute Gasteiger partial charge is 0.0788 e. The Morgan fingerprint density at radius 2 is 1.87 bits per heavy atom. The lowest BCUT2D eigenvalue weighted by atomic mass is 9.63. The van der Waals surface area contributed by atoms with Crippen LogP contribution in [0.25, 0.3) is 0 Å². The molecule has 0 spiro atoms. The molecule has 0 aromatic rings. The van der Waals surface area contributed by atoms with Crippen LogP contribution in [-0.4, -0.2) is 33.6 Å². The monoisotopic (exact) mass is 414 g/mol. The van der Waals surface area contributed by atoms with E-state index in [2.05, 4.69) is 31.2 Å². The van der Waals surface area contributed by atoms with Crippen molar-refractivity contribution in [3.05, 3.63) is 47.1 Å². The van der Waals surface area contributed by atoms with Crippen molar-refractivity contribution in [3.8, 4) is 0 Å². The fourth-order valence-electron chi connectivity index (χ4n) is 6.05. The second kappa shape index (κ2) is 9.97. The predicted octanol–water partition coefficient (Wildman–Crippen LogP) is 5.63. The molecule has 0 saturated heterocycles. The first-order valence-corrected chi connectivity index (χ1v) is 12.0. The zero-order valence-electron chi connectivity index (χ0n) is 19.2. The van der Waals surface area contributed by atoms with Gasteiger partial charge in [0.25, 0.3) is 0 Å². The van der Waals surface area contributed by atoms with Gasteiger partial charge in [-0.3, -0.25) is 0 Å². The van der Waals surface area contributed by atoms with Gasteiger partial charge in [0.2, 0.25) is 0 Å². The Labute approximate surface area is 183 Å². The van der Waals surface area contributed by atoms with Crippen LogP contribution in [0.4, 0.5) is 0 Å². The van der Waals surface area contributed by atoms with Crippen molar-refractivity contribution in [1.82, 2.24) is 0 Å². The number of fused-ring (bicyclic) bond motifs is 1. The maximum absolute atomic E-state index is 10.3. The quantitative estimate of drug-likeness (QED) is 0.494. The molecule has 0 aromatic carbocycles. The average Bonchev–Trinajstić information content (AvgIpc) is 3.01. The summed E-state index contributed by atoms with van der Waals surface area (Å²) in [5, 5.41) is 29.3. The SMILES string of the molecule is CC(C)(O)C/C=C/CC1CCC2/C(=C/C=C3/CC/C(=C/CO)C(O)C3)CCCC12C. The lowest BCUT2D eigenvalue weighted by Gasteiger charge is -2.42. The Balaban J connectivity index is 1.64. The van der Waals surface area contributed by atoms with Gasteiger partial charge in [-0.05, 0) is 101 Å². The summed E-state index contributed by atoms with van der Waals surface area (Å²) in [6.45, 7) is 6.26. The van der Waals surface area contributed by atoms with Gasteiger partial charge in [0.1, 0.15) is 0 Å². The Kier molecular flexibility index (Phi) is 7.81. The van der Waals surface area contributed by atoms with Crippen molar-refractivity contribution in [2.24, 2.45) is 17.3 Å². The number of aliphatic hydroxyl groups is 3. The van der Waals surface area contributed by atoms with Crippen molar-refractivity contribution in [1.29, 1.82) is 0 Å². The van der Waals surface area contributed by atoms with Crippen LogP contribution in [-0.2, 0) is 0 Å². The summed E-state index contributed by atoms with van der Waals surface area (Å²) in [6, 6.07) is 0. The van der Waals surface area contributed by atoms with E-state index < -0.39 is 11.7 Å². The van der Waals surface area contributed by atoms with E-state index in [0.717, 1.165) is 37.2 Å². The van der Waals surface area contributed by atoms with Crippen LogP contribution >= 0.6 is 0 Å². The average molecular weight is 415 g/mol. The number of rotatable bonds is 6. The van der Waals surface area contributed by atoms with Crippen LogP contribution in [0.2, 0.25) is 0 Å². The molecule has 0 aliphatic heterocycles. The van der Waals surface area contributed by atoms with Gasteiger partial charge in [-0.25, -0.2) is 0 Å². The van der Waals surface area contributed by atoms with Gasteiger partial charge in [-0.15, -0.1) is 0 Å². The van der Waals surface area contributed by atoms with Crippen LogP contribution in [0.5, 0.6) is 0 Å². The molecule has 3 saturated carbocycles. The summed E-state index contributed by atoms with van der Waals surface area (Å²) >= 11 is 0. The molecule has 0 heterocycles.